The number of aromatic nitrogens is 2. The fourth-order valence-corrected chi connectivity index (χ4v) is 3.60. The highest BCUT2D eigenvalue weighted by molar-refractivity contribution is 7.18. The Kier molecular flexibility index (Phi) is 5.17. The zero-order valence-corrected chi connectivity index (χ0v) is 15.2. The number of anilines is 2. The Morgan fingerprint density at radius 3 is 2.81 bits per heavy atom. The van der Waals surface area contributed by atoms with Gasteiger partial charge < -0.3 is 15.7 Å². The molecule has 1 aliphatic rings. The Balaban J connectivity index is 1.87. The maximum atomic E-state index is 12.8. The van der Waals surface area contributed by atoms with Gasteiger partial charge in [-0.2, -0.15) is 0 Å². The first kappa shape index (κ1) is 17.9. The highest BCUT2D eigenvalue weighted by Gasteiger charge is 2.29. The number of allylic oxidation sites excluding steroid dienone is 1. The number of Topliss-reactive ketones (excluding diaryl/α,β-unsaturated/α-hetero) is 1. The molecule has 9 heteroatoms. The molecule has 0 aromatic carbocycles. The highest BCUT2D eigenvalue weighted by atomic mass is 32.1. The van der Waals surface area contributed by atoms with E-state index in [0.29, 0.717) is 45.5 Å². The summed E-state index contributed by atoms with van der Waals surface area (Å²) in [4.78, 5) is 33.1. The Labute approximate surface area is 154 Å². The smallest absolute Gasteiger partial charge is 0.320 e. The van der Waals surface area contributed by atoms with Crippen LogP contribution in [0.2, 0.25) is 0 Å². The number of carbonyl (C=O) groups excluding carboxylic acids is 2. The van der Waals surface area contributed by atoms with Gasteiger partial charge in [-0.05, 0) is 31.9 Å². The fourth-order valence-electron chi connectivity index (χ4n) is 2.63. The molecule has 2 amide bonds. The molecule has 26 heavy (non-hydrogen) atoms. The molecule has 2 aromatic heterocycles. The number of urea groups is 1. The maximum absolute atomic E-state index is 12.8. The molecule has 0 saturated heterocycles. The molecular weight excluding hydrogens is 354 g/mol. The van der Waals surface area contributed by atoms with Crippen molar-refractivity contribution in [1.29, 1.82) is 0 Å². The van der Waals surface area contributed by atoms with Gasteiger partial charge in [0.1, 0.15) is 16.5 Å². The zero-order valence-electron chi connectivity index (χ0n) is 14.4. The lowest BCUT2D eigenvalue weighted by Gasteiger charge is -2.14. The van der Waals surface area contributed by atoms with Crippen molar-refractivity contribution >= 4 is 39.9 Å². The van der Waals surface area contributed by atoms with Crippen LogP contribution in [0.3, 0.4) is 0 Å². The number of nitrogens with one attached hydrogen (secondary N) is 3. The molecule has 1 aliphatic carbocycles. The van der Waals surface area contributed by atoms with Gasteiger partial charge in [0.05, 0.1) is 5.69 Å². The molecule has 8 nitrogen and oxygen atoms in total. The van der Waals surface area contributed by atoms with Crippen LogP contribution >= 0.6 is 11.3 Å². The van der Waals surface area contributed by atoms with E-state index in [1.54, 1.807) is 12.1 Å². The summed E-state index contributed by atoms with van der Waals surface area (Å²) in [5, 5.41) is 19.0. The molecular formula is C17H19N5O3S. The Morgan fingerprint density at radius 2 is 2.15 bits per heavy atom. The van der Waals surface area contributed by atoms with Crippen LogP contribution in [0.4, 0.5) is 15.7 Å². The van der Waals surface area contributed by atoms with Crippen LogP contribution in [0, 0.1) is 0 Å². The molecule has 0 fully saturated rings. The minimum atomic E-state index is -0.394. The van der Waals surface area contributed by atoms with Crippen LogP contribution in [0.1, 0.15) is 34.3 Å². The summed E-state index contributed by atoms with van der Waals surface area (Å²) in [7, 11) is 1.50. The first-order chi connectivity index (χ1) is 12.5. The van der Waals surface area contributed by atoms with Gasteiger partial charge in [-0.1, -0.05) is 11.3 Å². The number of nitrogens with zero attached hydrogens (tertiary/aromatic N) is 2. The second-order valence-corrected chi connectivity index (χ2v) is 6.62. The second kappa shape index (κ2) is 7.52. The van der Waals surface area contributed by atoms with Crippen molar-refractivity contribution in [2.75, 3.05) is 24.2 Å². The summed E-state index contributed by atoms with van der Waals surface area (Å²) < 4.78 is 0. The molecule has 0 atom stereocenters. The van der Waals surface area contributed by atoms with E-state index in [2.05, 4.69) is 25.9 Å². The number of amides is 2. The first-order valence-corrected chi connectivity index (χ1v) is 9.00. The minimum absolute atomic E-state index is 0.0644. The Morgan fingerprint density at radius 1 is 1.35 bits per heavy atom. The van der Waals surface area contributed by atoms with Gasteiger partial charge in [-0.25, -0.2) is 14.8 Å². The average molecular weight is 373 g/mol. The Bertz CT molecular complexity index is 873. The molecule has 136 valence electrons. The molecule has 4 N–H and O–H groups in total. The van der Waals surface area contributed by atoms with Crippen LogP contribution in [0.25, 0.3) is 5.76 Å². The quantitative estimate of drug-likeness (QED) is 0.484. The second-order valence-electron chi connectivity index (χ2n) is 5.62. The van der Waals surface area contributed by atoms with Crippen molar-refractivity contribution in [1.82, 2.24) is 15.3 Å². The fraction of sp³-hybridized carbons (Fsp3) is 0.294. The number of hydrogen-bond acceptors (Lipinski definition) is 7. The summed E-state index contributed by atoms with van der Waals surface area (Å²) in [5.41, 5.74) is 1.47. The third kappa shape index (κ3) is 3.52. The monoisotopic (exact) mass is 373 g/mol. The SMILES string of the molecule is CCNc1ccc(C(O)=C2CCc3nc(NC(=O)NC)sc3C2=O)cn1. The van der Waals surface area contributed by atoms with Crippen LogP contribution in [0.5, 0.6) is 0 Å². The van der Waals surface area contributed by atoms with E-state index in [1.807, 2.05) is 6.92 Å². The van der Waals surface area contributed by atoms with Crippen molar-refractivity contribution in [3.63, 3.8) is 0 Å². The molecule has 0 saturated carbocycles. The van der Waals surface area contributed by atoms with Gasteiger partial charge in [0, 0.05) is 30.9 Å². The lowest BCUT2D eigenvalue weighted by molar-refractivity contribution is 0.102. The van der Waals surface area contributed by atoms with Gasteiger partial charge >= 0.3 is 6.03 Å². The average Bonchev–Trinajstić information content (AvgIpc) is 3.06. The molecule has 0 spiro atoms. The minimum Gasteiger partial charge on any atom is -0.507 e. The van der Waals surface area contributed by atoms with E-state index in [-0.39, 0.29) is 11.5 Å². The molecule has 0 aliphatic heterocycles. The molecule has 2 heterocycles. The summed E-state index contributed by atoms with van der Waals surface area (Å²) in [5.74, 6) is 0.381. The zero-order chi connectivity index (χ0) is 18.7. The van der Waals surface area contributed by atoms with E-state index in [1.165, 1.54) is 13.2 Å². The van der Waals surface area contributed by atoms with E-state index in [9.17, 15) is 14.7 Å². The van der Waals surface area contributed by atoms with Gasteiger partial charge in [-0.3, -0.25) is 10.1 Å². The van der Waals surface area contributed by atoms with E-state index < -0.39 is 6.03 Å². The van der Waals surface area contributed by atoms with Gasteiger partial charge in [0.2, 0.25) is 5.78 Å². The van der Waals surface area contributed by atoms with Crippen molar-refractivity contribution in [3.05, 3.63) is 40.0 Å². The lowest BCUT2D eigenvalue weighted by Crippen LogP contribution is -2.24. The summed E-state index contributed by atoms with van der Waals surface area (Å²) in [6.07, 6.45) is 2.44. The van der Waals surface area contributed by atoms with E-state index >= 15 is 0 Å². The largest absolute Gasteiger partial charge is 0.507 e. The molecule has 0 unspecified atom stereocenters. The van der Waals surface area contributed by atoms with Gasteiger partial charge in [-0.15, -0.1) is 0 Å². The molecule has 2 aromatic rings. The number of hydrogen-bond donors (Lipinski definition) is 4. The number of ketones is 1. The normalized spacial score (nSPS) is 15.2. The maximum Gasteiger partial charge on any atom is 0.320 e. The van der Waals surface area contributed by atoms with E-state index in [4.69, 9.17) is 0 Å². The van der Waals surface area contributed by atoms with Crippen LogP contribution in [-0.2, 0) is 6.42 Å². The number of fused-ring (bicyclic) bond motifs is 1. The first-order valence-electron chi connectivity index (χ1n) is 8.19. The van der Waals surface area contributed by atoms with Crippen LogP contribution in [-0.4, -0.2) is 40.5 Å². The number of thiazole rings is 1. The number of aliphatic hydroxyl groups is 1. The number of carbonyl (C=O) groups is 2. The van der Waals surface area contributed by atoms with Gasteiger partial charge in [0.15, 0.2) is 5.13 Å². The third-order valence-corrected chi connectivity index (χ3v) is 4.93. The summed E-state index contributed by atoms with van der Waals surface area (Å²) in [6, 6.07) is 3.09. The number of aliphatic hydroxyl groups excluding tert-OH is 1. The molecule has 0 radical (unpaired) electrons. The van der Waals surface area contributed by atoms with Gasteiger partial charge in [0.25, 0.3) is 0 Å². The van der Waals surface area contributed by atoms with Crippen molar-refractivity contribution in [2.45, 2.75) is 19.8 Å². The lowest BCUT2D eigenvalue weighted by atomic mass is 9.93. The third-order valence-electron chi connectivity index (χ3n) is 3.92. The van der Waals surface area contributed by atoms with Crippen molar-refractivity contribution < 1.29 is 14.7 Å². The summed E-state index contributed by atoms with van der Waals surface area (Å²) in [6.45, 7) is 2.72. The van der Waals surface area contributed by atoms with Crippen LogP contribution < -0.4 is 16.0 Å². The highest BCUT2D eigenvalue weighted by Crippen LogP contribution is 2.34. The number of aryl methyl sites for hydroxylation is 1. The molecule has 0 bridgehead atoms. The standard InChI is InChI=1S/C17H19N5O3S/c1-3-19-12-7-4-9(8-20-12)13(23)10-5-6-11-15(14(10)24)26-17(21-11)22-16(25)18-2/h4,7-8,23H,3,5-6H2,1-2H3,(H,19,20)(H2,18,21,22,25). The predicted octanol–water partition coefficient (Wildman–Crippen LogP) is 2.82. The number of pyridine rings is 1. The number of rotatable bonds is 4. The van der Waals surface area contributed by atoms with Crippen molar-refractivity contribution in [3.8, 4) is 0 Å². The molecule has 3 rings (SSSR count). The Hall–Kier alpha value is -2.94. The van der Waals surface area contributed by atoms with Crippen molar-refractivity contribution in [2.24, 2.45) is 0 Å². The van der Waals surface area contributed by atoms with Crippen LogP contribution in [0.15, 0.2) is 23.9 Å². The summed E-state index contributed by atoms with van der Waals surface area (Å²) >= 11 is 1.11. The topological polar surface area (TPSA) is 116 Å². The van der Waals surface area contributed by atoms with E-state index in [0.717, 1.165) is 17.9 Å². The predicted molar refractivity (Wildman–Crippen MR) is 101 cm³/mol.